The molecule has 0 aliphatic rings. The number of carbonyl (C=O) groups is 1. The van der Waals surface area contributed by atoms with Crippen LogP contribution in [0.1, 0.15) is 10.7 Å². The highest BCUT2D eigenvalue weighted by Crippen LogP contribution is 2.31. The molecule has 0 saturated carbocycles. The van der Waals surface area contributed by atoms with E-state index in [-0.39, 0.29) is 24.5 Å². The van der Waals surface area contributed by atoms with Crippen molar-refractivity contribution in [3.8, 4) is 17.2 Å². The van der Waals surface area contributed by atoms with Crippen molar-refractivity contribution in [1.29, 1.82) is 0 Å². The van der Waals surface area contributed by atoms with Gasteiger partial charge in [0, 0.05) is 10.4 Å². The molecule has 0 aliphatic heterocycles. The lowest BCUT2D eigenvalue weighted by molar-refractivity contribution is -0.385. The van der Waals surface area contributed by atoms with E-state index in [0.717, 1.165) is 0 Å². The molecular weight excluding hydrogens is 420 g/mol. The summed E-state index contributed by atoms with van der Waals surface area (Å²) < 4.78 is 15.7. The Balaban J connectivity index is 1.59. The SMILES string of the molecule is COc1ccc(OC(=O)Cc2csc(COc3ccc(Cl)cc3)n2)c([N+](=O)[O-])c1. The second kappa shape index (κ2) is 9.35. The highest BCUT2D eigenvalue weighted by atomic mass is 35.5. The maximum absolute atomic E-state index is 12.2. The minimum atomic E-state index is -0.659. The van der Waals surface area contributed by atoms with Gasteiger partial charge in [-0.2, -0.15) is 0 Å². The summed E-state index contributed by atoms with van der Waals surface area (Å²) in [5.41, 5.74) is 0.138. The molecule has 0 atom stereocenters. The predicted molar refractivity (Wildman–Crippen MR) is 107 cm³/mol. The third kappa shape index (κ3) is 5.66. The number of benzene rings is 2. The highest BCUT2D eigenvalue weighted by molar-refractivity contribution is 7.09. The molecule has 0 aliphatic carbocycles. The molecule has 0 bridgehead atoms. The maximum atomic E-state index is 12.2. The van der Waals surface area contributed by atoms with E-state index in [9.17, 15) is 14.9 Å². The number of methoxy groups -OCH3 is 1. The standard InChI is InChI=1S/C19H15ClN2O6S/c1-26-15-6-7-17(16(9-15)22(24)25)28-19(23)8-13-11-29-18(21-13)10-27-14-4-2-12(20)3-5-14/h2-7,9,11H,8,10H2,1H3. The predicted octanol–water partition coefficient (Wildman–Crippen LogP) is 4.44. The van der Waals surface area contributed by atoms with Gasteiger partial charge in [0.1, 0.15) is 23.1 Å². The van der Waals surface area contributed by atoms with Crippen molar-refractivity contribution in [3.05, 3.63) is 73.7 Å². The number of thiazole rings is 1. The van der Waals surface area contributed by atoms with Gasteiger partial charge in [0.05, 0.1) is 30.2 Å². The van der Waals surface area contributed by atoms with Crippen LogP contribution in [0, 0.1) is 10.1 Å². The molecule has 29 heavy (non-hydrogen) atoms. The molecule has 1 aromatic heterocycles. The normalized spacial score (nSPS) is 10.4. The van der Waals surface area contributed by atoms with Crippen LogP contribution >= 0.6 is 22.9 Å². The maximum Gasteiger partial charge on any atom is 0.317 e. The number of hydrogen-bond donors (Lipinski definition) is 0. The Bertz CT molecular complexity index is 1020. The largest absolute Gasteiger partial charge is 0.496 e. The Kier molecular flexibility index (Phi) is 6.63. The fourth-order valence-electron chi connectivity index (χ4n) is 2.33. The molecule has 8 nitrogen and oxygen atoms in total. The number of halogens is 1. The summed E-state index contributed by atoms with van der Waals surface area (Å²) in [5.74, 6) is 0.134. The zero-order valence-electron chi connectivity index (χ0n) is 15.2. The van der Waals surface area contributed by atoms with E-state index in [4.69, 9.17) is 25.8 Å². The van der Waals surface area contributed by atoms with Crippen molar-refractivity contribution in [1.82, 2.24) is 4.98 Å². The summed E-state index contributed by atoms with van der Waals surface area (Å²) in [6.07, 6.45) is -0.124. The van der Waals surface area contributed by atoms with Crippen molar-refractivity contribution in [2.75, 3.05) is 7.11 Å². The number of esters is 1. The number of nitro groups is 1. The molecule has 0 fully saturated rings. The van der Waals surface area contributed by atoms with Gasteiger partial charge in [0.25, 0.3) is 0 Å². The zero-order valence-corrected chi connectivity index (χ0v) is 16.7. The molecule has 0 unspecified atom stereocenters. The Hall–Kier alpha value is -3.17. The van der Waals surface area contributed by atoms with Gasteiger partial charge in [-0.3, -0.25) is 14.9 Å². The van der Waals surface area contributed by atoms with E-state index in [1.165, 1.54) is 36.6 Å². The number of rotatable bonds is 8. The molecule has 3 rings (SSSR count). The van der Waals surface area contributed by atoms with Crippen molar-refractivity contribution in [3.63, 3.8) is 0 Å². The lowest BCUT2D eigenvalue weighted by Crippen LogP contribution is -2.12. The summed E-state index contributed by atoms with van der Waals surface area (Å²) in [4.78, 5) is 27.0. The topological polar surface area (TPSA) is 101 Å². The van der Waals surface area contributed by atoms with Crippen LogP contribution in [-0.2, 0) is 17.8 Å². The second-order valence-electron chi connectivity index (χ2n) is 5.72. The van der Waals surface area contributed by atoms with Gasteiger partial charge in [-0.15, -0.1) is 11.3 Å². The van der Waals surface area contributed by atoms with Crippen LogP contribution in [0.3, 0.4) is 0 Å². The number of nitro benzene ring substituents is 1. The molecule has 0 saturated heterocycles. The van der Waals surface area contributed by atoms with Crippen LogP contribution in [0.15, 0.2) is 47.8 Å². The summed E-state index contributed by atoms with van der Waals surface area (Å²) in [7, 11) is 1.39. The minimum Gasteiger partial charge on any atom is -0.496 e. The Labute approximate surface area is 174 Å². The first-order valence-electron chi connectivity index (χ1n) is 8.29. The van der Waals surface area contributed by atoms with E-state index in [1.54, 1.807) is 29.6 Å². The first kappa shape index (κ1) is 20.6. The van der Waals surface area contributed by atoms with Crippen molar-refractivity contribution >= 4 is 34.6 Å². The van der Waals surface area contributed by atoms with E-state index in [1.807, 2.05) is 0 Å². The second-order valence-corrected chi connectivity index (χ2v) is 7.10. The van der Waals surface area contributed by atoms with Crippen LogP contribution in [0.4, 0.5) is 5.69 Å². The van der Waals surface area contributed by atoms with Gasteiger partial charge in [0.2, 0.25) is 5.75 Å². The van der Waals surface area contributed by atoms with Gasteiger partial charge in [0.15, 0.2) is 0 Å². The van der Waals surface area contributed by atoms with Crippen molar-refractivity contribution in [2.24, 2.45) is 0 Å². The monoisotopic (exact) mass is 434 g/mol. The molecule has 0 amide bonds. The molecule has 1 heterocycles. The van der Waals surface area contributed by atoms with E-state index < -0.39 is 10.9 Å². The van der Waals surface area contributed by atoms with E-state index in [2.05, 4.69) is 4.98 Å². The van der Waals surface area contributed by atoms with Gasteiger partial charge in [-0.1, -0.05) is 11.6 Å². The number of nitrogens with zero attached hydrogens (tertiary/aromatic N) is 2. The van der Waals surface area contributed by atoms with E-state index in [0.29, 0.717) is 27.2 Å². The first-order chi connectivity index (χ1) is 13.9. The average Bonchev–Trinajstić information content (AvgIpc) is 3.14. The van der Waals surface area contributed by atoms with Crippen LogP contribution in [0.5, 0.6) is 17.2 Å². The number of carbonyl (C=O) groups excluding carboxylic acids is 1. The lowest BCUT2D eigenvalue weighted by atomic mass is 10.2. The van der Waals surface area contributed by atoms with Crippen LogP contribution in [0.2, 0.25) is 5.02 Å². The molecule has 150 valence electrons. The molecule has 2 aromatic carbocycles. The Morgan fingerprint density at radius 2 is 1.93 bits per heavy atom. The van der Waals surface area contributed by atoms with Gasteiger partial charge in [-0.25, -0.2) is 4.98 Å². The smallest absolute Gasteiger partial charge is 0.317 e. The van der Waals surface area contributed by atoms with Crippen molar-refractivity contribution < 1.29 is 23.9 Å². The van der Waals surface area contributed by atoms with Crippen LogP contribution in [0.25, 0.3) is 0 Å². The Morgan fingerprint density at radius 3 is 2.62 bits per heavy atom. The summed E-state index contributed by atoms with van der Waals surface area (Å²) in [5, 5.41) is 14.2. The molecular formula is C19H15ClN2O6S. The van der Waals surface area contributed by atoms with Gasteiger partial charge >= 0.3 is 11.7 Å². The van der Waals surface area contributed by atoms with Crippen LogP contribution in [-0.4, -0.2) is 23.0 Å². The lowest BCUT2D eigenvalue weighted by Gasteiger charge is -2.06. The molecule has 0 spiro atoms. The summed E-state index contributed by atoms with van der Waals surface area (Å²) in [6.45, 7) is 0.241. The van der Waals surface area contributed by atoms with E-state index >= 15 is 0 Å². The number of ether oxygens (including phenoxy) is 3. The summed E-state index contributed by atoms with van der Waals surface area (Å²) >= 11 is 7.17. The third-order valence-electron chi connectivity index (χ3n) is 3.69. The molecule has 0 N–H and O–H groups in total. The highest BCUT2D eigenvalue weighted by Gasteiger charge is 2.20. The summed E-state index contributed by atoms with van der Waals surface area (Å²) in [6, 6.07) is 10.9. The fourth-order valence-corrected chi connectivity index (χ4v) is 3.16. The van der Waals surface area contributed by atoms with Crippen LogP contribution < -0.4 is 14.2 Å². The molecule has 3 aromatic rings. The Morgan fingerprint density at radius 1 is 1.21 bits per heavy atom. The molecule has 0 radical (unpaired) electrons. The number of hydrogen-bond acceptors (Lipinski definition) is 8. The number of aromatic nitrogens is 1. The minimum absolute atomic E-state index is 0.124. The molecule has 10 heteroatoms. The third-order valence-corrected chi connectivity index (χ3v) is 4.81. The quantitative estimate of drug-likeness (QED) is 0.223. The van der Waals surface area contributed by atoms with Crippen molar-refractivity contribution in [2.45, 2.75) is 13.0 Å². The fraction of sp³-hybridized carbons (Fsp3) is 0.158. The zero-order chi connectivity index (χ0) is 20.8. The van der Waals surface area contributed by atoms with Gasteiger partial charge < -0.3 is 14.2 Å². The average molecular weight is 435 g/mol. The van der Waals surface area contributed by atoms with Gasteiger partial charge in [-0.05, 0) is 36.4 Å². The first-order valence-corrected chi connectivity index (χ1v) is 9.55.